The third-order valence-corrected chi connectivity index (χ3v) is 3.69. The number of carbonyl (C=O) groups excluding carboxylic acids is 2. The summed E-state index contributed by atoms with van der Waals surface area (Å²) in [4.78, 5) is 23.6. The van der Waals surface area contributed by atoms with Crippen LogP contribution < -0.4 is 10.1 Å². The zero-order valence-corrected chi connectivity index (χ0v) is 14.3. The lowest BCUT2D eigenvalue weighted by atomic mass is 10.1. The van der Waals surface area contributed by atoms with Crippen molar-refractivity contribution in [3.8, 4) is 5.75 Å². The molecule has 24 heavy (non-hydrogen) atoms. The molecule has 1 amide bonds. The van der Waals surface area contributed by atoms with Gasteiger partial charge in [0.25, 0.3) is 5.91 Å². The van der Waals surface area contributed by atoms with Gasteiger partial charge in [-0.2, -0.15) is 0 Å². The molecule has 0 unspecified atom stereocenters. The van der Waals surface area contributed by atoms with E-state index in [1.165, 1.54) is 6.26 Å². The summed E-state index contributed by atoms with van der Waals surface area (Å²) in [5, 5.41) is 3.62. The van der Waals surface area contributed by atoms with E-state index in [2.05, 4.69) is 5.32 Å². The largest absolute Gasteiger partial charge is 0.497 e. The maximum absolute atomic E-state index is 11.9. The number of esters is 1. The number of ether oxygens (including phenoxy) is 2. The highest BCUT2D eigenvalue weighted by molar-refractivity contribution is 5.87. The van der Waals surface area contributed by atoms with Gasteiger partial charge in [0.2, 0.25) is 0 Å². The standard InChI is InChI=1S/C18H23NO5/c1-4-5-12(2)19-17(20)11-24-18(21)8-13-10-23-16-9-14(22-3)6-7-15(13)16/h6-7,9-10,12H,4-5,8,11H2,1-3H3,(H,19,20)/t12-/m0/s1. The zero-order valence-electron chi connectivity index (χ0n) is 14.3. The second-order valence-electron chi connectivity index (χ2n) is 5.72. The van der Waals surface area contributed by atoms with E-state index >= 15 is 0 Å². The molecule has 1 aromatic heterocycles. The van der Waals surface area contributed by atoms with Gasteiger partial charge in [-0.05, 0) is 25.5 Å². The van der Waals surface area contributed by atoms with E-state index < -0.39 is 5.97 Å². The maximum Gasteiger partial charge on any atom is 0.310 e. The summed E-state index contributed by atoms with van der Waals surface area (Å²) in [7, 11) is 1.58. The van der Waals surface area contributed by atoms with Crippen molar-refractivity contribution in [2.75, 3.05) is 13.7 Å². The first-order chi connectivity index (χ1) is 11.5. The predicted octanol–water partition coefficient (Wildman–Crippen LogP) is 2.83. The van der Waals surface area contributed by atoms with Crippen LogP contribution in [0.5, 0.6) is 5.75 Å². The van der Waals surface area contributed by atoms with Crippen LogP contribution in [0.15, 0.2) is 28.9 Å². The second-order valence-corrected chi connectivity index (χ2v) is 5.72. The molecular weight excluding hydrogens is 310 g/mol. The van der Waals surface area contributed by atoms with E-state index in [0.29, 0.717) is 11.3 Å². The molecule has 0 aliphatic heterocycles. The first-order valence-corrected chi connectivity index (χ1v) is 8.02. The van der Waals surface area contributed by atoms with Crippen molar-refractivity contribution in [2.24, 2.45) is 0 Å². The topological polar surface area (TPSA) is 77.8 Å². The third kappa shape index (κ3) is 4.75. The quantitative estimate of drug-likeness (QED) is 0.752. The summed E-state index contributed by atoms with van der Waals surface area (Å²) >= 11 is 0. The fourth-order valence-corrected chi connectivity index (χ4v) is 2.50. The van der Waals surface area contributed by atoms with Crippen LogP contribution in [-0.4, -0.2) is 31.6 Å². The second kappa shape index (κ2) is 8.38. The molecule has 2 rings (SSSR count). The molecule has 130 valence electrons. The summed E-state index contributed by atoms with van der Waals surface area (Å²) in [5.74, 6) is -0.0678. The first kappa shape index (κ1) is 17.8. The number of carbonyl (C=O) groups is 2. The maximum atomic E-state index is 11.9. The number of amides is 1. The van der Waals surface area contributed by atoms with Gasteiger partial charge in [-0.3, -0.25) is 9.59 Å². The van der Waals surface area contributed by atoms with Crippen molar-refractivity contribution in [3.05, 3.63) is 30.0 Å². The Morgan fingerprint density at radius 1 is 1.33 bits per heavy atom. The van der Waals surface area contributed by atoms with Crippen LogP contribution in [-0.2, 0) is 20.7 Å². The van der Waals surface area contributed by atoms with Gasteiger partial charge >= 0.3 is 5.97 Å². The fraction of sp³-hybridized carbons (Fsp3) is 0.444. The lowest BCUT2D eigenvalue weighted by Gasteiger charge is -2.12. The third-order valence-electron chi connectivity index (χ3n) is 3.69. The van der Waals surface area contributed by atoms with Gasteiger partial charge in [-0.1, -0.05) is 13.3 Å². The Kier molecular flexibility index (Phi) is 6.23. The van der Waals surface area contributed by atoms with E-state index in [0.717, 1.165) is 23.8 Å². The molecular formula is C18H23NO5. The molecule has 0 spiro atoms. The molecule has 0 radical (unpaired) electrons. The smallest absolute Gasteiger partial charge is 0.310 e. The number of fused-ring (bicyclic) bond motifs is 1. The molecule has 2 aromatic rings. The molecule has 1 atom stereocenters. The Morgan fingerprint density at radius 3 is 2.83 bits per heavy atom. The average Bonchev–Trinajstić information content (AvgIpc) is 2.95. The summed E-state index contributed by atoms with van der Waals surface area (Å²) in [6.07, 6.45) is 3.45. The van der Waals surface area contributed by atoms with Crippen LogP contribution in [0.2, 0.25) is 0 Å². The van der Waals surface area contributed by atoms with Crippen LogP contribution in [0.3, 0.4) is 0 Å². The normalized spacial score (nSPS) is 12.0. The number of furan rings is 1. The Balaban J connectivity index is 1.87. The molecule has 0 saturated heterocycles. The fourth-order valence-electron chi connectivity index (χ4n) is 2.50. The van der Waals surface area contributed by atoms with E-state index in [9.17, 15) is 9.59 Å². The Morgan fingerprint density at radius 2 is 2.12 bits per heavy atom. The molecule has 1 heterocycles. The number of benzene rings is 1. The molecule has 1 N–H and O–H groups in total. The molecule has 6 nitrogen and oxygen atoms in total. The molecule has 0 fully saturated rings. The van der Waals surface area contributed by atoms with Gasteiger partial charge in [0.05, 0.1) is 19.8 Å². The lowest BCUT2D eigenvalue weighted by molar-refractivity contribution is -0.148. The highest BCUT2D eigenvalue weighted by atomic mass is 16.5. The minimum absolute atomic E-state index is 0.0527. The van der Waals surface area contributed by atoms with Crippen LogP contribution in [0.4, 0.5) is 0 Å². The van der Waals surface area contributed by atoms with Crippen molar-refractivity contribution in [1.29, 1.82) is 0 Å². The highest BCUT2D eigenvalue weighted by Crippen LogP contribution is 2.25. The van der Waals surface area contributed by atoms with Crippen molar-refractivity contribution in [2.45, 2.75) is 39.2 Å². The molecule has 1 aromatic carbocycles. The van der Waals surface area contributed by atoms with Crippen LogP contribution in [0.25, 0.3) is 11.0 Å². The molecule has 0 aliphatic carbocycles. The zero-order chi connectivity index (χ0) is 17.5. The summed E-state index contributed by atoms with van der Waals surface area (Å²) < 4.78 is 15.6. The van der Waals surface area contributed by atoms with Gasteiger partial charge in [-0.15, -0.1) is 0 Å². The van der Waals surface area contributed by atoms with Gasteiger partial charge < -0.3 is 19.2 Å². The summed E-state index contributed by atoms with van der Waals surface area (Å²) in [6, 6.07) is 5.47. The average molecular weight is 333 g/mol. The Bertz CT molecular complexity index is 706. The van der Waals surface area contributed by atoms with E-state index in [-0.39, 0.29) is 25.0 Å². The molecule has 0 aliphatic rings. The van der Waals surface area contributed by atoms with Crippen LogP contribution in [0, 0.1) is 0 Å². The number of nitrogens with one attached hydrogen (secondary N) is 1. The molecule has 0 bridgehead atoms. The SMILES string of the molecule is CCC[C@H](C)NC(=O)COC(=O)Cc1coc2cc(OC)ccc12. The van der Waals surface area contributed by atoms with Gasteiger partial charge in [0.15, 0.2) is 6.61 Å². The highest BCUT2D eigenvalue weighted by Gasteiger charge is 2.14. The van der Waals surface area contributed by atoms with E-state index in [1.54, 1.807) is 19.2 Å². The predicted molar refractivity (Wildman–Crippen MR) is 89.9 cm³/mol. The van der Waals surface area contributed by atoms with Crippen molar-refractivity contribution < 1.29 is 23.5 Å². The van der Waals surface area contributed by atoms with Crippen molar-refractivity contribution >= 4 is 22.8 Å². The first-order valence-electron chi connectivity index (χ1n) is 8.02. The number of hydrogen-bond donors (Lipinski definition) is 1. The van der Waals surface area contributed by atoms with Crippen molar-refractivity contribution in [3.63, 3.8) is 0 Å². The van der Waals surface area contributed by atoms with E-state index in [1.807, 2.05) is 19.9 Å². The monoisotopic (exact) mass is 333 g/mol. The molecule has 0 saturated carbocycles. The van der Waals surface area contributed by atoms with Gasteiger partial charge in [0, 0.05) is 23.1 Å². The lowest BCUT2D eigenvalue weighted by Crippen LogP contribution is -2.35. The Labute approximate surface area is 141 Å². The van der Waals surface area contributed by atoms with E-state index in [4.69, 9.17) is 13.9 Å². The minimum Gasteiger partial charge on any atom is -0.497 e. The molecule has 6 heteroatoms. The van der Waals surface area contributed by atoms with Crippen molar-refractivity contribution in [1.82, 2.24) is 5.32 Å². The Hall–Kier alpha value is -2.50. The minimum atomic E-state index is -0.466. The van der Waals surface area contributed by atoms with Gasteiger partial charge in [0.1, 0.15) is 11.3 Å². The summed E-state index contributed by atoms with van der Waals surface area (Å²) in [5.41, 5.74) is 1.36. The van der Waals surface area contributed by atoms with Crippen LogP contribution in [0.1, 0.15) is 32.3 Å². The summed E-state index contributed by atoms with van der Waals surface area (Å²) in [6.45, 7) is 3.71. The van der Waals surface area contributed by atoms with Gasteiger partial charge in [-0.25, -0.2) is 0 Å². The van der Waals surface area contributed by atoms with Crippen LogP contribution >= 0.6 is 0 Å². The number of methoxy groups -OCH3 is 1. The number of hydrogen-bond acceptors (Lipinski definition) is 5. The number of rotatable bonds is 8.